The summed E-state index contributed by atoms with van der Waals surface area (Å²) in [5.74, 6) is 0.466. The van der Waals surface area contributed by atoms with E-state index >= 15 is 0 Å². The standard InChI is InChI=1S/C21H21NO6/c1-21(18(11-12-23)14-3-7-16(8-4-14)22(25)26)20(24)13-19(28-21)15-5-9-17(27-2)10-6-15/h3-10,13,18,23H,11-12H2,1-2H3/t18-,21+/m0/s1. The molecule has 1 aliphatic heterocycles. The first-order valence-corrected chi connectivity index (χ1v) is 8.84. The van der Waals surface area contributed by atoms with Crippen molar-refractivity contribution in [3.63, 3.8) is 0 Å². The van der Waals surface area contributed by atoms with Gasteiger partial charge in [0.25, 0.3) is 5.69 Å². The Morgan fingerprint density at radius 3 is 2.36 bits per heavy atom. The number of benzene rings is 2. The Balaban J connectivity index is 1.90. The van der Waals surface area contributed by atoms with Crippen LogP contribution in [0.15, 0.2) is 54.6 Å². The van der Waals surface area contributed by atoms with Crippen LogP contribution in [0.3, 0.4) is 0 Å². The monoisotopic (exact) mass is 383 g/mol. The zero-order valence-corrected chi connectivity index (χ0v) is 15.6. The van der Waals surface area contributed by atoms with Crippen molar-refractivity contribution in [2.24, 2.45) is 0 Å². The van der Waals surface area contributed by atoms with Crippen molar-refractivity contribution >= 4 is 17.2 Å². The molecule has 0 fully saturated rings. The highest BCUT2D eigenvalue weighted by Gasteiger charge is 2.47. The maximum Gasteiger partial charge on any atom is 0.269 e. The zero-order chi connectivity index (χ0) is 20.3. The minimum Gasteiger partial charge on any atom is -0.497 e. The minimum atomic E-state index is -1.21. The molecule has 1 heterocycles. The van der Waals surface area contributed by atoms with Crippen molar-refractivity contribution in [1.29, 1.82) is 0 Å². The molecule has 0 aliphatic carbocycles. The lowest BCUT2D eigenvalue weighted by atomic mass is 9.79. The van der Waals surface area contributed by atoms with E-state index in [2.05, 4.69) is 0 Å². The third-order valence-corrected chi connectivity index (χ3v) is 5.04. The molecular weight excluding hydrogens is 362 g/mol. The number of carbonyl (C=O) groups is 1. The predicted octanol–water partition coefficient (Wildman–Crippen LogP) is 3.47. The van der Waals surface area contributed by atoms with Crippen LogP contribution in [0.5, 0.6) is 5.75 Å². The van der Waals surface area contributed by atoms with Crippen LogP contribution in [0.4, 0.5) is 5.69 Å². The van der Waals surface area contributed by atoms with Crippen LogP contribution in [0, 0.1) is 10.1 Å². The van der Waals surface area contributed by atoms with E-state index in [1.54, 1.807) is 50.4 Å². The fraction of sp³-hybridized carbons (Fsp3) is 0.286. The molecule has 0 bridgehead atoms. The van der Waals surface area contributed by atoms with E-state index in [9.17, 15) is 20.0 Å². The molecule has 2 aromatic rings. The molecule has 0 saturated carbocycles. The summed E-state index contributed by atoms with van der Waals surface area (Å²) in [4.78, 5) is 23.3. The summed E-state index contributed by atoms with van der Waals surface area (Å²) in [6, 6.07) is 13.1. The normalized spacial score (nSPS) is 19.7. The second kappa shape index (κ2) is 7.82. The van der Waals surface area contributed by atoms with Gasteiger partial charge < -0.3 is 14.6 Å². The molecule has 0 amide bonds. The molecule has 3 rings (SSSR count). The number of carbonyl (C=O) groups excluding carboxylic acids is 1. The van der Waals surface area contributed by atoms with Crippen LogP contribution in [-0.4, -0.2) is 35.1 Å². The largest absolute Gasteiger partial charge is 0.497 e. The second-order valence-corrected chi connectivity index (χ2v) is 6.72. The van der Waals surface area contributed by atoms with Crippen molar-refractivity contribution in [3.05, 3.63) is 75.8 Å². The third kappa shape index (κ3) is 3.61. The number of rotatable bonds is 7. The van der Waals surface area contributed by atoms with Crippen LogP contribution in [0.25, 0.3) is 5.76 Å². The topological polar surface area (TPSA) is 98.9 Å². The van der Waals surface area contributed by atoms with E-state index in [0.29, 0.717) is 17.1 Å². The fourth-order valence-electron chi connectivity index (χ4n) is 3.43. The van der Waals surface area contributed by atoms with Crippen LogP contribution in [-0.2, 0) is 9.53 Å². The van der Waals surface area contributed by atoms with Gasteiger partial charge in [-0.05, 0) is 43.2 Å². The van der Waals surface area contributed by atoms with Gasteiger partial charge in [0.2, 0.25) is 5.78 Å². The fourth-order valence-corrected chi connectivity index (χ4v) is 3.43. The Bertz CT molecular complexity index is 903. The molecule has 7 heteroatoms. The van der Waals surface area contributed by atoms with Gasteiger partial charge in [0.05, 0.1) is 12.0 Å². The maximum atomic E-state index is 12.9. The van der Waals surface area contributed by atoms with Crippen molar-refractivity contribution in [2.75, 3.05) is 13.7 Å². The van der Waals surface area contributed by atoms with Crippen LogP contribution < -0.4 is 4.74 Å². The van der Waals surface area contributed by atoms with E-state index in [0.717, 1.165) is 5.56 Å². The van der Waals surface area contributed by atoms with Gasteiger partial charge in [-0.3, -0.25) is 14.9 Å². The van der Waals surface area contributed by atoms with Crippen LogP contribution in [0.2, 0.25) is 0 Å². The van der Waals surface area contributed by atoms with E-state index in [4.69, 9.17) is 9.47 Å². The molecule has 0 radical (unpaired) electrons. The first-order chi connectivity index (χ1) is 13.4. The predicted molar refractivity (Wildman–Crippen MR) is 103 cm³/mol. The van der Waals surface area contributed by atoms with Crippen molar-refractivity contribution < 1.29 is 24.3 Å². The maximum absolute atomic E-state index is 12.9. The number of ketones is 1. The summed E-state index contributed by atoms with van der Waals surface area (Å²) in [6.07, 6.45) is 1.74. The summed E-state index contributed by atoms with van der Waals surface area (Å²) in [5, 5.41) is 20.4. The van der Waals surface area contributed by atoms with Crippen molar-refractivity contribution in [1.82, 2.24) is 0 Å². The molecular formula is C21H21NO6. The van der Waals surface area contributed by atoms with E-state index < -0.39 is 16.4 Å². The summed E-state index contributed by atoms with van der Waals surface area (Å²) in [6.45, 7) is 1.54. The lowest BCUT2D eigenvalue weighted by Gasteiger charge is -2.33. The number of hydrogen-bond acceptors (Lipinski definition) is 6. The molecule has 2 atom stereocenters. The highest BCUT2D eigenvalue weighted by molar-refractivity contribution is 6.05. The molecule has 0 saturated heterocycles. The SMILES string of the molecule is COc1ccc(C2=CC(=O)[C@@](C)([C@@H](CCO)c3ccc([N+](=O)[O-])cc3)O2)cc1. The number of nitro benzene ring substituents is 1. The first kappa shape index (κ1) is 19.6. The average molecular weight is 383 g/mol. The van der Waals surface area contributed by atoms with Gasteiger partial charge in [0, 0.05) is 36.3 Å². The van der Waals surface area contributed by atoms with Gasteiger partial charge in [-0.15, -0.1) is 0 Å². The molecule has 146 valence electrons. The smallest absolute Gasteiger partial charge is 0.269 e. The molecule has 1 N–H and O–H groups in total. The number of aliphatic hydroxyl groups is 1. The van der Waals surface area contributed by atoms with Gasteiger partial charge >= 0.3 is 0 Å². The number of nitro groups is 1. The number of methoxy groups -OCH3 is 1. The highest BCUT2D eigenvalue weighted by Crippen LogP contribution is 2.43. The molecule has 2 aromatic carbocycles. The average Bonchev–Trinajstić information content (AvgIpc) is 3.01. The minimum absolute atomic E-state index is 0.0348. The molecule has 7 nitrogen and oxygen atoms in total. The molecule has 0 aromatic heterocycles. The van der Waals surface area contributed by atoms with Crippen molar-refractivity contribution in [2.45, 2.75) is 24.9 Å². The molecule has 1 aliphatic rings. The Labute approximate surface area is 162 Å². The highest BCUT2D eigenvalue weighted by atomic mass is 16.6. The van der Waals surface area contributed by atoms with Gasteiger partial charge in [0.15, 0.2) is 5.60 Å². The number of ether oxygens (including phenoxy) is 2. The number of aliphatic hydroxyl groups excluding tert-OH is 1. The lowest BCUT2D eigenvalue weighted by molar-refractivity contribution is -0.384. The Morgan fingerprint density at radius 2 is 1.82 bits per heavy atom. The van der Waals surface area contributed by atoms with Crippen LogP contribution in [0.1, 0.15) is 30.4 Å². The van der Waals surface area contributed by atoms with Gasteiger partial charge in [-0.1, -0.05) is 12.1 Å². The summed E-state index contributed by atoms with van der Waals surface area (Å²) >= 11 is 0. The molecule has 28 heavy (non-hydrogen) atoms. The van der Waals surface area contributed by atoms with E-state index in [-0.39, 0.29) is 24.5 Å². The quantitative estimate of drug-likeness (QED) is 0.581. The second-order valence-electron chi connectivity index (χ2n) is 6.72. The van der Waals surface area contributed by atoms with Gasteiger partial charge in [-0.2, -0.15) is 0 Å². The van der Waals surface area contributed by atoms with E-state index in [1.165, 1.54) is 18.2 Å². The lowest BCUT2D eigenvalue weighted by Crippen LogP contribution is -2.40. The Morgan fingerprint density at radius 1 is 1.18 bits per heavy atom. The van der Waals surface area contributed by atoms with Gasteiger partial charge in [-0.25, -0.2) is 0 Å². The molecule has 0 unspecified atom stereocenters. The Kier molecular flexibility index (Phi) is 5.46. The van der Waals surface area contributed by atoms with E-state index in [1.807, 2.05) is 0 Å². The summed E-state index contributed by atoms with van der Waals surface area (Å²) < 4.78 is 11.2. The van der Waals surface area contributed by atoms with Crippen LogP contribution >= 0.6 is 0 Å². The number of nitrogens with zero attached hydrogens (tertiary/aromatic N) is 1. The Hall–Kier alpha value is -3.19. The zero-order valence-electron chi connectivity index (χ0n) is 15.6. The number of hydrogen-bond donors (Lipinski definition) is 1. The molecule has 0 spiro atoms. The number of non-ortho nitro benzene ring substituents is 1. The third-order valence-electron chi connectivity index (χ3n) is 5.04. The summed E-state index contributed by atoms with van der Waals surface area (Å²) in [7, 11) is 1.57. The first-order valence-electron chi connectivity index (χ1n) is 8.84. The van der Waals surface area contributed by atoms with Gasteiger partial charge in [0.1, 0.15) is 11.5 Å². The summed E-state index contributed by atoms with van der Waals surface area (Å²) in [5.41, 5.74) is 0.185. The van der Waals surface area contributed by atoms with Crippen molar-refractivity contribution in [3.8, 4) is 5.75 Å².